The molecule has 0 unspecified atom stereocenters. The number of hydrogen-bond acceptors (Lipinski definition) is 6. The molecule has 5 N–H and O–H groups in total. The molecular formula is C10H19NO6. The summed E-state index contributed by atoms with van der Waals surface area (Å²) >= 11 is 0. The summed E-state index contributed by atoms with van der Waals surface area (Å²) in [5.74, 6) is -0.322. The van der Waals surface area contributed by atoms with Crippen LogP contribution in [0.2, 0.25) is 0 Å². The molecule has 1 aliphatic rings. The Morgan fingerprint density at radius 3 is 2.41 bits per heavy atom. The number of hydrogen-bond donors (Lipinski definition) is 5. The van der Waals surface area contributed by atoms with Gasteiger partial charge < -0.3 is 30.5 Å². The SMILES string of the molecule is CCCC(=O)N[C@@H]1O[C@@H](CO)[C@@H](O)[C@@H](O)[C@H]1O. The van der Waals surface area contributed by atoms with Crippen molar-refractivity contribution >= 4 is 5.91 Å². The van der Waals surface area contributed by atoms with E-state index in [0.29, 0.717) is 6.42 Å². The first-order valence-corrected chi connectivity index (χ1v) is 5.61. The van der Waals surface area contributed by atoms with Gasteiger partial charge in [0.1, 0.15) is 24.4 Å². The van der Waals surface area contributed by atoms with E-state index < -0.39 is 37.3 Å². The van der Waals surface area contributed by atoms with Crippen molar-refractivity contribution in [3.8, 4) is 0 Å². The second kappa shape index (κ2) is 6.27. The molecule has 1 rings (SSSR count). The van der Waals surface area contributed by atoms with E-state index >= 15 is 0 Å². The van der Waals surface area contributed by atoms with Gasteiger partial charge in [0.15, 0.2) is 6.23 Å². The maximum absolute atomic E-state index is 11.3. The molecule has 1 heterocycles. The average Bonchev–Trinajstić information content (AvgIpc) is 2.30. The molecule has 0 spiro atoms. The molecule has 0 aromatic carbocycles. The number of rotatable bonds is 4. The van der Waals surface area contributed by atoms with Crippen molar-refractivity contribution in [2.45, 2.75) is 50.4 Å². The van der Waals surface area contributed by atoms with Gasteiger partial charge in [0.25, 0.3) is 0 Å². The van der Waals surface area contributed by atoms with Crippen LogP contribution in [0.3, 0.4) is 0 Å². The third-order valence-corrected chi connectivity index (χ3v) is 2.67. The Morgan fingerprint density at radius 1 is 1.24 bits per heavy atom. The van der Waals surface area contributed by atoms with E-state index in [-0.39, 0.29) is 12.3 Å². The topological polar surface area (TPSA) is 119 Å². The van der Waals surface area contributed by atoms with E-state index in [2.05, 4.69) is 5.32 Å². The van der Waals surface area contributed by atoms with Crippen molar-refractivity contribution in [2.24, 2.45) is 0 Å². The van der Waals surface area contributed by atoms with E-state index in [1.165, 1.54) is 0 Å². The van der Waals surface area contributed by atoms with Gasteiger partial charge in [0.2, 0.25) is 5.91 Å². The molecule has 0 aromatic rings. The lowest BCUT2D eigenvalue weighted by molar-refractivity contribution is -0.235. The van der Waals surface area contributed by atoms with Crippen LogP contribution in [0.5, 0.6) is 0 Å². The van der Waals surface area contributed by atoms with E-state index in [9.17, 15) is 20.1 Å². The molecule has 17 heavy (non-hydrogen) atoms. The normalized spacial score (nSPS) is 37.8. The number of aliphatic hydroxyl groups excluding tert-OH is 4. The van der Waals surface area contributed by atoms with Crippen LogP contribution < -0.4 is 5.32 Å². The zero-order valence-electron chi connectivity index (χ0n) is 9.61. The van der Waals surface area contributed by atoms with Crippen LogP contribution in [-0.2, 0) is 9.53 Å². The van der Waals surface area contributed by atoms with Crippen LogP contribution in [0, 0.1) is 0 Å². The van der Waals surface area contributed by atoms with Gasteiger partial charge in [-0.1, -0.05) is 6.92 Å². The number of ether oxygens (including phenoxy) is 1. The highest BCUT2D eigenvalue weighted by Crippen LogP contribution is 2.19. The highest BCUT2D eigenvalue weighted by atomic mass is 16.6. The minimum Gasteiger partial charge on any atom is -0.394 e. The maximum atomic E-state index is 11.3. The number of carbonyl (C=O) groups excluding carboxylic acids is 1. The van der Waals surface area contributed by atoms with Crippen molar-refractivity contribution in [3.05, 3.63) is 0 Å². The van der Waals surface area contributed by atoms with Crippen LogP contribution in [0.15, 0.2) is 0 Å². The van der Waals surface area contributed by atoms with Gasteiger partial charge in [0, 0.05) is 6.42 Å². The zero-order valence-corrected chi connectivity index (χ0v) is 9.61. The van der Waals surface area contributed by atoms with Gasteiger partial charge in [0.05, 0.1) is 6.61 Å². The van der Waals surface area contributed by atoms with E-state index in [0.717, 1.165) is 0 Å². The molecule has 0 saturated carbocycles. The van der Waals surface area contributed by atoms with Crippen LogP contribution in [0.4, 0.5) is 0 Å². The Labute approximate surface area is 99.0 Å². The zero-order chi connectivity index (χ0) is 13.0. The van der Waals surface area contributed by atoms with Crippen LogP contribution in [0.25, 0.3) is 0 Å². The molecular weight excluding hydrogens is 230 g/mol. The smallest absolute Gasteiger partial charge is 0.222 e. The molecule has 1 saturated heterocycles. The summed E-state index contributed by atoms with van der Waals surface area (Å²) in [7, 11) is 0. The van der Waals surface area contributed by atoms with Gasteiger partial charge in [-0.2, -0.15) is 0 Å². The fourth-order valence-corrected chi connectivity index (χ4v) is 1.68. The van der Waals surface area contributed by atoms with Gasteiger partial charge in [-0.15, -0.1) is 0 Å². The third kappa shape index (κ3) is 3.36. The summed E-state index contributed by atoms with van der Waals surface area (Å²) in [6.07, 6.45) is -5.50. The molecule has 100 valence electrons. The first-order chi connectivity index (χ1) is 8.01. The van der Waals surface area contributed by atoms with E-state index in [1.807, 2.05) is 6.92 Å². The molecule has 1 aliphatic heterocycles. The Balaban J connectivity index is 2.62. The Kier molecular flexibility index (Phi) is 5.29. The summed E-state index contributed by atoms with van der Waals surface area (Å²) < 4.78 is 5.11. The lowest BCUT2D eigenvalue weighted by Gasteiger charge is -2.40. The second-order valence-corrected chi connectivity index (χ2v) is 4.07. The maximum Gasteiger partial charge on any atom is 0.222 e. The monoisotopic (exact) mass is 249 g/mol. The molecule has 0 aromatic heterocycles. The van der Waals surface area contributed by atoms with Gasteiger partial charge in [-0.25, -0.2) is 0 Å². The van der Waals surface area contributed by atoms with Crippen molar-refractivity contribution < 1.29 is 30.0 Å². The summed E-state index contributed by atoms with van der Waals surface area (Å²) in [5.41, 5.74) is 0. The highest BCUT2D eigenvalue weighted by Gasteiger charge is 2.43. The fourth-order valence-electron chi connectivity index (χ4n) is 1.68. The molecule has 1 amide bonds. The van der Waals surface area contributed by atoms with Crippen molar-refractivity contribution in [2.75, 3.05) is 6.61 Å². The Bertz CT molecular complexity index is 259. The number of nitrogens with one attached hydrogen (secondary N) is 1. The van der Waals surface area contributed by atoms with Crippen molar-refractivity contribution in [3.63, 3.8) is 0 Å². The molecule has 1 fully saturated rings. The molecule has 0 radical (unpaired) electrons. The van der Waals surface area contributed by atoms with Crippen LogP contribution in [-0.4, -0.2) is 63.6 Å². The molecule has 0 aliphatic carbocycles. The van der Waals surface area contributed by atoms with E-state index in [4.69, 9.17) is 9.84 Å². The first kappa shape index (κ1) is 14.3. The predicted molar refractivity (Wildman–Crippen MR) is 56.8 cm³/mol. The number of amides is 1. The fraction of sp³-hybridized carbons (Fsp3) is 0.900. The number of carbonyl (C=O) groups is 1. The lowest BCUT2D eigenvalue weighted by Crippen LogP contribution is -2.63. The molecule has 7 heteroatoms. The largest absolute Gasteiger partial charge is 0.394 e. The second-order valence-electron chi connectivity index (χ2n) is 4.07. The summed E-state index contributed by atoms with van der Waals surface area (Å²) in [6, 6.07) is 0. The van der Waals surface area contributed by atoms with Crippen molar-refractivity contribution in [1.29, 1.82) is 0 Å². The first-order valence-electron chi connectivity index (χ1n) is 5.61. The van der Waals surface area contributed by atoms with Gasteiger partial charge >= 0.3 is 0 Å². The summed E-state index contributed by atoms with van der Waals surface area (Å²) in [4.78, 5) is 11.3. The Hall–Kier alpha value is -0.730. The average molecular weight is 249 g/mol. The minimum absolute atomic E-state index is 0.273. The molecule has 5 atom stereocenters. The highest BCUT2D eigenvalue weighted by molar-refractivity contribution is 5.76. The van der Waals surface area contributed by atoms with Gasteiger partial charge in [-0.3, -0.25) is 4.79 Å². The molecule has 0 bridgehead atoms. The van der Waals surface area contributed by atoms with Gasteiger partial charge in [-0.05, 0) is 6.42 Å². The Morgan fingerprint density at radius 2 is 1.88 bits per heavy atom. The number of aliphatic hydroxyl groups is 4. The molecule has 7 nitrogen and oxygen atoms in total. The third-order valence-electron chi connectivity index (χ3n) is 2.67. The van der Waals surface area contributed by atoms with Crippen LogP contribution in [0.1, 0.15) is 19.8 Å². The minimum atomic E-state index is -1.46. The summed E-state index contributed by atoms with van der Waals surface area (Å²) in [6.45, 7) is 1.32. The summed E-state index contributed by atoms with van der Waals surface area (Å²) in [5, 5.41) is 39.9. The van der Waals surface area contributed by atoms with Crippen LogP contribution >= 0.6 is 0 Å². The lowest BCUT2D eigenvalue weighted by atomic mass is 9.98. The standard InChI is InChI=1S/C10H19NO6/c1-2-3-6(13)11-10-9(16)8(15)7(14)5(4-12)17-10/h5,7-10,12,14-16H,2-4H2,1H3,(H,11,13)/t5-,7+,8+,9+,10+/m0/s1. The van der Waals surface area contributed by atoms with E-state index in [1.54, 1.807) is 0 Å². The van der Waals surface area contributed by atoms with Crippen molar-refractivity contribution in [1.82, 2.24) is 5.32 Å². The quantitative estimate of drug-likeness (QED) is 0.382. The predicted octanol–water partition coefficient (Wildman–Crippen LogP) is -2.30.